The van der Waals surface area contributed by atoms with Gasteiger partial charge >= 0.3 is 0 Å². The van der Waals surface area contributed by atoms with Gasteiger partial charge in [0.25, 0.3) is 5.69 Å². The Bertz CT molecular complexity index is 1020. The van der Waals surface area contributed by atoms with Crippen molar-refractivity contribution < 1.29 is 14.2 Å². The summed E-state index contributed by atoms with van der Waals surface area (Å²) in [5.74, 6) is 0.934. The molecule has 3 aromatic rings. The van der Waals surface area contributed by atoms with Crippen molar-refractivity contribution in [3.8, 4) is 0 Å². The first kappa shape index (κ1) is 18.3. The van der Waals surface area contributed by atoms with Crippen LogP contribution >= 0.6 is 11.3 Å². The summed E-state index contributed by atoms with van der Waals surface area (Å²) in [5.41, 5.74) is 0.830. The highest BCUT2D eigenvalue weighted by Gasteiger charge is 2.22. The number of anilines is 2. The van der Waals surface area contributed by atoms with Crippen molar-refractivity contribution in [2.75, 3.05) is 42.9 Å². The molecule has 0 spiro atoms. The average Bonchev–Trinajstić information content (AvgIpc) is 3.27. The number of nitrogens with one attached hydrogen (secondary N) is 1. The molecule has 1 aliphatic rings. The maximum Gasteiger partial charge on any atom is 0.270 e. The van der Waals surface area contributed by atoms with Gasteiger partial charge in [-0.25, -0.2) is 4.98 Å². The number of hydrogen-bond acceptors (Lipinski definition) is 9. The molecule has 1 saturated heterocycles. The van der Waals surface area contributed by atoms with E-state index in [0.29, 0.717) is 11.6 Å². The number of fused-ring (bicyclic) bond motifs is 1. The fraction of sp³-hybridized carbons (Fsp3) is 0.353. The van der Waals surface area contributed by atoms with Crippen molar-refractivity contribution in [3.05, 3.63) is 40.1 Å². The van der Waals surface area contributed by atoms with Crippen molar-refractivity contribution in [1.29, 1.82) is 0 Å². The SMILES string of the molecule is Cc1cc(NC(=O)CN2CCN(c3nc4ccc([N+](=O)[O-])cc4s3)CC2)no1. The Labute approximate surface area is 163 Å². The van der Waals surface area contributed by atoms with Gasteiger partial charge in [0.05, 0.1) is 21.7 Å². The lowest BCUT2D eigenvalue weighted by Gasteiger charge is -2.33. The molecule has 0 saturated carbocycles. The Morgan fingerprint density at radius 1 is 1.32 bits per heavy atom. The van der Waals surface area contributed by atoms with Gasteiger partial charge in [0.15, 0.2) is 10.9 Å². The summed E-state index contributed by atoms with van der Waals surface area (Å²) < 4.78 is 5.74. The van der Waals surface area contributed by atoms with E-state index in [0.717, 1.165) is 41.5 Å². The molecule has 1 aliphatic heterocycles. The summed E-state index contributed by atoms with van der Waals surface area (Å²) in [7, 11) is 0. The van der Waals surface area contributed by atoms with Crippen molar-refractivity contribution in [1.82, 2.24) is 15.0 Å². The molecule has 0 unspecified atom stereocenters. The summed E-state index contributed by atoms with van der Waals surface area (Å²) in [5, 5.41) is 18.2. The van der Waals surface area contributed by atoms with Gasteiger partial charge in [-0.1, -0.05) is 16.5 Å². The predicted molar refractivity (Wildman–Crippen MR) is 105 cm³/mol. The molecular weight excluding hydrogens is 384 g/mol. The molecule has 0 aliphatic carbocycles. The first-order valence-electron chi connectivity index (χ1n) is 8.73. The predicted octanol–water partition coefficient (Wildman–Crippen LogP) is 2.26. The Hall–Kier alpha value is -3.05. The number of non-ortho nitro benzene ring substituents is 1. The van der Waals surface area contributed by atoms with Crippen LogP contribution in [0.1, 0.15) is 5.76 Å². The van der Waals surface area contributed by atoms with Crippen LogP contribution in [0.15, 0.2) is 28.8 Å². The van der Waals surface area contributed by atoms with E-state index in [-0.39, 0.29) is 18.1 Å². The van der Waals surface area contributed by atoms with Crippen molar-refractivity contribution in [3.63, 3.8) is 0 Å². The van der Waals surface area contributed by atoms with Gasteiger partial charge in [-0.2, -0.15) is 0 Å². The fourth-order valence-electron chi connectivity index (χ4n) is 3.06. The van der Waals surface area contributed by atoms with Crippen LogP contribution in [0.4, 0.5) is 16.6 Å². The molecule has 3 heterocycles. The number of hydrogen-bond donors (Lipinski definition) is 1. The number of nitro benzene ring substituents is 1. The quantitative estimate of drug-likeness (QED) is 0.510. The lowest BCUT2D eigenvalue weighted by atomic mass is 10.3. The Kier molecular flexibility index (Phi) is 4.92. The van der Waals surface area contributed by atoms with E-state index in [1.807, 2.05) is 0 Å². The first-order chi connectivity index (χ1) is 13.5. The van der Waals surface area contributed by atoms with Crippen LogP contribution < -0.4 is 10.2 Å². The second kappa shape index (κ2) is 7.52. The fourth-order valence-corrected chi connectivity index (χ4v) is 4.11. The van der Waals surface area contributed by atoms with E-state index in [4.69, 9.17) is 4.52 Å². The molecule has 28 heavy (non-hydrogen) atoms. The second-order valence-electron chi connectivity index (χ2n) is 6.54. The number of thiazole rings is 1. The summed E-state index contributed by atoms with van der Waals surface area (Å²) in [4.78, 5) is 31.5. The number of carbonyl (C=O) groups is 1. The number of nitro groups is 1. The Morgan fingerprint density at radius 3 is 2.79 bits per heavy atom. The smallest absolute Gasteiger partial charge is 0.270 e. The van der Waals surface area contributed by atoms with Crippen LogP contribution in [0.25, 0.3) is 10.2 Å². The molecule has 1 fully saturated rings. The van der Waals surface area contributed by atoms with E-state index < -0.39 is 4.92 Å². The number of aromatic nitrogens is 2. The molecular formula is C17H18N6O4S. The number of rotatable bonds is 5. The molecule has 1 aromatic carbocycles. The first-order valence-corrected chi connectivity index (χ1v) is 9.55. The highest BCUT2D eigenvalue weighted by Crippen LogP contribution is 2.31. The second-order valence-corrected chi connectivity index (χ2v) is 7.55. The van der Waals surface area contributed by atoms with Gasteiger partial charge < -0.3 is 14.7 Å². The molecule has 1 N–H and O–H groups in total. The average molecular weight is 402 g/mol. The number of piperazine rings is 1. The van der Waals surface area contributed by atoms with Gasteiger partial charge in [-0.3, -0.25) is 19.8 Å². The highest BCUT2D eigenvalue weighted by atomic mass is 32.1. The molecule has 1 amide bonds. The largest absolute Gasteiger partial charge is 0.360 e. The van der Waals surface area contributed by atoms with Gasteiger partial charge in [-0.05, 0) is 13.0 Å². The van der Waals surface area contributed by atoms with Crippen molar-refractivity contribution >= 4 is 44.1 Å². The molecule has 2 aromatic heterocycles. The lowest BCUT2D eigenvalue weighted by molar-refractivity contribution is -0.384. The maximum absolute atomic E-state index is 12.1. The molecule has 146 valence electrons. The minimum Gasteiger partial charge on any atom is -0.360 e. The summed E-state index contributed by atoms with van der Waals surface area (Å²) >= 11 is 1.45. The molecule has 0 bridgehead atoms. The monoisotopic (exact) mass is 402 g/mol. The van der Waals surface area contributed by atoms with Crippen LogP contribution in [-0.2, 0) is 4.79 Å². The zero-order valence-corrected chi connectivity index (χ0v) is 15.9. The van der Waals surface area contributed by atoms with Crippen LogP contribution in [0.2, 0.25) is 0 Å². The zero-order chi connectivity index (χ0) is 19.7. The number of carbonyl (C=O) groups excluding carboxylic acids is 1. The molecule has 4 rings (SSSR count). The maximum atomic E-state index is 12.1. The minimum absolute atomic E-state index is 0.0702. The van der Waals surface area contributed by atoms with Gasteiger partial charge in [0.2, 0.25) is 5.91 Å². The number of benzene rings is 1. The molecule has 0 atom stereocenters. The number of nitrogens with zero attached hydrogens (tertiary/aromatic N) is 5. The van der Waals surface area contributed by atoms with Gasteiger partial charge in [0, 0.05) is 44.4 Å². The third-order valence-corrected chi connectivity index (χ3v) is 5.56. The van der Waals surface area contributed by atoms with E-state index in [9.17, 15) is 14.9 Å². The Balaban J connectivity index is 1.34. The third-order valence-electron chi connectivity index (χ3n) is 4.48. The van der Waals surface area contributed by atoms with Gasteiger partial charge in [-0.15, -0.1) is 0 Å². The minimum atomic E-state index is -0.400. The van der Waals surface area contributed by atoms with Crippen molar-refractivity contribution in [2.24, 2.45) is 0 Å². The summed E-state index contributed by atoms with van der Waals surface area (Å²) in [6, 6.07) is 6.38. The van der Waals surface area contributed by atoms with Crippen LogP contribution in [0.5, 0.6) is 0 Å². The van der Waals surface area contributed by atoms with Crippen LogP contribution in [0.3, 0.4) is 0 Å². The normalized spacial score (nSPS) is 15.1. The van der Waals surface area contributed by atoms with Crippen molar-refractivity contribution in [2.45, 2.75) is 6.92 Å². The third kappa shape index (κ3) is 3.94. The molecule has 0 radical (unpaired) electrons. The topological polar surface area (TPSA) is 118 Å². The standard InChI is InChI=1S/C17H18N6O4S/c1-11-8-15(20-27-11)19-16(24)10-21-4-6-22(7-5-21)17-18-13-3-2-12(23(25)26)9-14(13)28-17/h2-3,8-9H,4-7,10H2,1H3,(H,19,20,24). The summed E-state index contributed by atoms with van der Waals surface area (Å²) in [6.07, 6.45) is 0. The van der Waals surface area contributed by atoms with E-state index >= 15 is 0 Å². The lowest BCUT2D eigenvalue weighted by Crippen LogP contribution is -2.48. The van der Waals surface area contributed by atoms with E-state index in [2.05, 4.69) is 25.3 Å². The number of amides is 1. The highest BCUT2D eigenvalue weighted by molar-refractivity contribution is 7.22. The number of aryl methyl sites for hydroxylation is 1. The van der Waals surface area contributed by atoms with Crippen LogP contribution in [0, 0.1) is 17.0 Å². The Morgan fingerprint density at radius 2 is 2.11 bits per heavy atom. The van der Waals surface area contributed by atoms with Gasteiger partial charge in [0.1, 0.15) is 5.76 Å². The molecule has 10 nitrogen and oxygen atoms in total. The molecule has 11 heteroatoms. The summed E-state index contributed by atoms with van der Waals surface area (Å²) in [6.45, 7) is 4.97. The zero-order valence-electron chi connectivity index (χ0n) is 15.1. The van der Waals surface area contributed by atoms with E-state index in [1.165, 1.54) is 17.4 Å². The van der Waals surface area contributed by atoms with E-state index in [1.54, 1.807) is 25.1 Å². The van der Waals surface area contributed by atoms with Crippen LogP contribution in [-0.4, -0.2) is 58.6 Å².